The number of halogens is 1. The first-order valence-electron chi connectivity index (χ1n) is 4.52. The number of nitrogens with one attached hydrogen (secondary N) is 1. The third kappa shape index (κ3) is 1.80. The zero-order valence-electron chi connectivity index (χ0n) is 7.84. The predicted octanol–water partition coefficient (Wildman–Crippen LogP) is 3.09. The van der Waals surface area contributed by atoms with Crippen molar-refractivity contribution in [2.24, 2.45) is 0 Å². The molecule has 2 nitrogen and oxygen atoms in total. The molecule has 0 atom stereocenters. The van der Waals surface area contributed by atoms with Gasteiger partial charge in [-0.25, -0.2) is 0 Å². The second kappa shape index (κ2) is 3.84. The molecule has 0 spiro atoms. The van der Waals surface area contributed by atoms with Gasteiger partial charge in [0.05, 0.1) is 0 Å². The number of H-pyrrole nitrogens is 1. The lowest BCUT2D eigenvalue weighted by molar-refractivity contribution is 0.975. The molecule has 0 fully saturated rings. The van der Waals surface area contributed by atoms with Crippen LogP contribution in [0.25, 0.3) is 11.3 Å². The van der Waals surface area contributed by atoms with E-state index in [9.17, 15) is 0 Å². The Morgan fingerprint density at radius 3 is 2.64 bits per heavy atom. The minimum absolute atomic E-state index is 0.736. The van der Waals surface area contributed by atoms with E-state index in [4.69, 9.17) is 11.6 Å². The van der Waals surface area contributed by atoms with Crippen LogP contribution in [0.15, 0.2) is 24.3 Å². The summed E-state index contributed by atoms with van der Waals surface area (Å²) in [6, 6.07) is 10.8. The SMILES string of the molecule is CCc1[c]c(-c2ccc(Cl)cc2)n[nH]1. The fraction of sp³-hybridized carbons (Fsp3) is 0.182. The number of aromatic nitrogens is 2. The smallest absolute Gasteiger partial charge is 0.100 e. The number of rotatable bonds is 2. The first-order chi connectivity index (χ1) is 6.79. The lowest BCUT2D eigenvalue weighted by Gasteiger charge is -1.94. The number of aromatic amines is 1. The highest BCUT2D eigenvalue weighted by Gasteiger charge is 2.02. The minimum atomic E-state index is 0.736. The van der Waals surface area contributed by atoms with Gasteiger partial charge in [-0.15, -0.1) is 0 Å². The molecule has 2 rings (SSSR count). The standard InChI is InChI=1S/C11H10ClN2/c1-2-10-7-11(14-13-10)8-3-5-9(12)6-4-8/h3-6H,2H2,1H3,(H,13,14). The molecule has 0 amide bonds. The van der Waals surface area contributed by atoms with Crippen LogP contribution >= 0.6 is 11.6 Å². The monoisotopic (exact) mass is 205 g/mol. The molecule has 0 saturated carbocycles. The Hall–Kier alpha value is -1.28. The Balaban J connectivity index is 2.34. The Kier molecular flexibility index (Phi) is 2.55. The van der Waals surface area contributed by atoms with Gasteiger partial charge in [0.1, 0.15) is 5.69 Å². The molecule has 0 saturated heterocycles. The topological polar surface area (TPSA) is 28.7 Å². The van der Waals surface area contributed by atoms with Gasteiger partial charge in [0.15, 0.2) is 0 Å². The Morgan fingerprint density at radius 2 is 2.07 bits per heavy atom. The van der Waals surface area contributed by atoms with Crippen LogP contribution in [0.5, 0.6) is 0 Å². The summed E-state index contributed by atoms with van der Waals surface area (Å²) in [5, 5.41) is 7.83. The molecular weight excluding hydrogens is 196 g/mol. The number of aryl methyl sites for hydroxylation is 1. The van der Waals surface area contributed by atoms with Crippen LogP contribution in [0.3, 0.4) is 0 Å². The molecule has 0 unspecified atom stereocenters. The molecule has 0 aliphatic rings. The van der Waals surface area contributed by atoms with Crippen LogP contribution in [0.2, 0.25) is 5.02 Å². The molecule has 14 heavy (non-hydrogen) atoms. The van der Waals surface area contributed by atoms with Gasteiger partial charge in [-0.1, -0.05) is 30.7 Å². The second-order valence-corrected chi connectivity index (χ2v) is 3.47. The van der Waals surface area contributed by atoms with Crippen molar-refractivity contribution >= 4 is 11.6 Å². The van der Waals surface area contributed by atoms with Crippen LogP contribution in [-0.4, -0.2) is 10.2 Å². The molecule has 1 heterocycles. The summed E-state index contributed by atoms with van der Waals surface area (Å²) in [6.45, 7) is 2.07. The van der Waals surface area contributed by atoms with Crippen LogP contribution in [0.4, 0.5) is 0 Å². The molecule has 0 bridgehead atoms. The first-order valence-corrected chi connectivity index (χ1v) is 4.90. The summed E-state index contributed by atoms with van der Waals surface area (Å²) >= 11 is 5.79. The van der Waals surface area contributed by atoms with Gasteiger partial charge in [-0.3, -0.25) is 5.10 Å². The maximum Gasteiger partial charge on any atom is 0.100 e. The van der Waals surface area contributed by atoms with Gasteiger partial charge >= 0.3 is 0 Å². The van der Waals surface area contributed by atoms with E-state index in [0.29, 0.717) is 0 Å². The predicted molar refractivity (Wildman–Crippen MR) is 57.2 cm³/mol. The largest absolute Gasteiger partial charge is 0.281 e. The molecule has 1 radical (unpaired) electrons. The quantitative estimate of drug-likeness (QED) is 0.802. The van der Waals surface area contributed by atoms with Gasteiger partial charge in [0.25, 0.3) is 0 Å². The fourth-order valence-electron chi connectivity index (χ4n) is 1.23. The summed E-state index contributed by atoms with van der Waals surface area (Å²) in [5.74, 6) is 0. The highest BCUT2D eigenvalue weighted by molar-refractivity contribution is 6.30. The van der Waals surface area contributed by atoms with Crippen molar-refractivity contribution in [2.45, 2.75) is 13.3 Å². The minimum Gasteiger partial charge on any atom is -0.281 e. The summed E-state index contributed by atoms with van der Waals surface area (Å²) < 4.78 is 0. The van der Waals surface area contributed by atoms with Crippen LogP contribution in [-0.2, 0) is 6.42 Å². The normalized spacial score (nSPS) is 10.4. The van der Waals surface area contributed by atoms with E-state index in [1.807, 2.05) is 24.3 Å². The van der Waals surface area contributed by atoms with Crippen molar-refractivity contribution in [3.8, 4) is 11.3 Å². The Labute approximate surface area is 87.9 Å². The van der Waals surface area contributed by atoms with Crippen molar-refractivity contribution in [1.29, 1.82) is 0 Å². The van der Waals surface area contributed by atoms with E-state index < -0.39 is 0 Å². The van der Waals surface area contributed by atoms with Gasteiger partial charge in [-0.05, 0) is 18.6 Å². The average molecular weight is 206 g/mol. The zero-order valence-corrected chi connectivity index (χ0v) is 8.60. The van der Waals surface area contributed by atoms with Crippen molar-refractivity contribution in [3.05, 3.63) is 41.0 Å². The second-order valence-electron chi connectivity index (χ2n) is 3.04. The van der Waals surface area contributed by atoms with Crippen LogP contribution in [0.1, 0.15) is 12.6 Å². The lowest BCUT2D eigenvalue weighted by Crippen LogP contribution is -1.77. The Morgan fingerprint density at radius 1 is 1.36 bits per heavy atom. The maximum atomic E-state index is 5.79. The Bertz CT molecular complexity index is 417. The molecule has 1 aromatic heterocycles. The van der Waals surface area contributed by atoms with Crippen LogP contribution in [0, 0.1) is 6.07 Å². The van der Waals surface area contributed by atoms with E-state index in [-0.39, 0.29) is 0 Å². The number of benzene rings is 1. The van der Waals surface area contributed by atoms with E-state index in [0.717, 1.165) is 28.4 Å². The molecule has 2 aromatic rings. The molecule has 1 aromatic carbocycles. The van der Waals surface area contributed by atoms with Crippen molar-refractivity contribution in [1.82, 2.24) is 10.2 Å². The molecular formula is C11H10ClN2. The fourth-order valence-corrected chi connectivity index (χ4v) is 1.36. The van der Waals surface area contributed by atoms with Crippen LogP contribution < -0.4 is 0 Å². The molecule has 3 heteroatoms. The van der Waals surface area contributed by atoms with Crippen molar-refractivity contribution in [3.63, 3.8) is 0 Å². The molecule has 0 aliphatic carbocycles. The van der Waals surface area contributed by atoms with Crippen molar-refractivity contribution < 1.29 is 0 Å². The first kappa shape index (κ1) is 9.28. The summed E-state index contributed by atoms with van der Waals surface area (Å²) in [4.78, 5) is 0. The van der Waals surface area contributed by atoms with E-state index in [2.05, 4.69) is 23.2 Å². The summed E-state index contributed by atoms with van der Waals surface area (Å²) in [7, 11) is 0. The van der Waals surface area contributed by atoms with Gasteiger partial charge in [0.2, 0.25) is 0 Å². The summed E-state index contributed by atoms with van der Waals surface area (Å²) in [5.41, 5.74) is 2.90. The number of hydrogen-bond donors (Lipinski definition) is 1. The third-order valence-electron chi connectivity index (χ3n) is 2.04. The van der Waals surface area contributed by atoms with Crippen molar-refractivity contribution in [2.75, 3.05) is 0 Å². The molecule has 0 aliphatic heterocycles. The average Bonchev–Trinajstić information content (AvgIpc) is 2.67. The molecule has 71 valence electrons. The highest BCUT2D eigenvalue weighted by atomic mass is 35.5. The number of nitrogens with zero attached hydrogens (tertiary/aromatic N) is 1. The summed E-state index contributed by atoms with van der Waals surface area (Å²) in [6.07, 6.45) is 0.917. The van der Waals surface area contributed by atoms with E-state index >= 15 is 0 Å². The van der Waals surface area contributed by atoms with Gasteiger partial charge in [0, 0.05) is 22.3 Å². The lowest BCUT2D eigenvalue weighted by atomic mass is 10.1. The zero-order chi connectivity index (χ0) is 9.97. The van der Waals surface area contributed by atoms with E-state index in [1.54, 1.807) is 0 Å². The molecule has 1 N–H and O–H groups in total. The number of hydrogen-bond acceptors (Lipinski definition) is 1. The van der Waals surface area contributed by atoms with E-state index in [1.165, 1.54) is 0 Å². The maximum absolute atomic E-state index is 5.79. The third-order valence-corrected chi connectivity index (χ3v) is 2.30. The highest BCUT2D eigenvalue weighted by Crippen LogP contribution is 2.19. The van der Waals surface area contributed by atoms with Gasteiger partial charge in [-0.2, -0.15) is 5.10 Å². The van der Waals surface area contributed by atoms with Gasteiger partial charge < -0.3 is 0 Å².